The summed E-state index contributed by atoms with van der Waals surface area (Å²) in [6.45, 7) is 0.699. The van der Waals surface area contributed by atoms with Crippen molar-refractivity contribution in [1.29, 1.82) is 0 Å². The Hall–Kier alpha value is -4.51. The summed E-state index contributed by atoms with van der Waals surface area (Å²) in [4.78, 5) is 26.7. The lowest BCUT2D eigenvalue weighted by molar-refractivity contribution is -0.117. The van der Waals surface area contributed by atoms with Crippen molar-refractivity contribution >= 4 is 46.0 Å². The van der Waals surface area contributed by atoms with Gasteiger partial charge in [-0.15, -0.1) is 15.3 Å². The molecule has 10 nitrogen and oxygen atoms in total. The van der Waals surface area contributed by atoms with Crippen LogP contribution < -0.4 is 10.2 Å². The molecule has 1 saturated heterocycles. The fraction of sp³-hybridized carbons (Fsp3) is 0.154. The number of rotatable bonds is 7. The third-order valence-corrected chi connectivity index (χ3v) is 6.95. The maximum atomic E-state index is 12.8. The molecule has 3 aromatic carbocycles. The molecule has 0 saturated carbocycles. The van der Waals surface area contributed by atoms with Gasteiger partial charge in [0.15, 0.2) is 5.16 Å². The number of para-hydroxylation sites is 2. The molecule has 11 heteroatoms. The summed E-state index contributed by atoms with van der Waals surface area (Å²) < 4.78 is 3.50. The van der Waals surface area contributed by atoms with Gasteiger partial charge in [-0.1, -0.05) is 53.4 Å². The molecule has 0 bridgehead atoms. The summed E-state index contributed by atoms with van der Waals surface area (Å²) in [6, 6.07) is 24.7. The largest absolute Gasteiger partial charge is 0.325 e. The van der Waals surface area contributed by atoms with Crippen LogP contribution in [0.2, 0.25) is 0 Å². The summed E-state index contributed by atoms with van der Waals surface area (Å²) in [6.07, 6.45) is 1.40. The molecule has 2 aromatic heterocycles. The van der Waals surface area contributed by atoms with E-state index < -0.39 is 0 Å². The van der Waals surface area contributed by atoms with Crippen LogP contribution in [0.4, 0.5) is 11.4 Å². The lowest BCUT2D eigenvalue weighted by Crippen LogP contribution is -2.23. The van der Waals surface area contributed by atoms with E-state index in [0.29, 0.717) is 29.8 Å². The number of hydrogen-bond donors (Lipinski definition) is 1. The van der Waals surface area contributed by atoms with E-state index >= 15 is 0 Å². The van der Waals surface area contributed by atoms with Gasteiger partial charge >= 0.3 is 0 Å². The lowest BCUT2D eigenvalue weighted by Gasteiger charge is -2.16. The molecule has 3 heterocycles. The smallest absolute Gasteiger partial charge is 0.259 e. The molecule has 1 aliphatic rings. The Kier molecular flexibility index (Phi) is 6.11. The van der Waals surface area contributed by atoms with Crippen molar-refractivity contribution in [3.8, 4) is 11.6 Å². The van der Waals surface area contributed by atoms with Crippen molar-refractivity contribution in [2.45, 2.75) is 18.0 Å². The highest BCUT2D eigenvalue weighted by Gasteiger charge is 2.22. The monoisotopic (exact) mass is 510 g/mol. The summed E-state index contributed by atoms with van der Waals surface area (Å²) in [5, 5.41) is 20.8. The third kappa shape index (κ3) is 4.56. The molecule has 0 atom stereocenters. The van der Waals surface area contributed by atoms with Crippen molar-refractivity contribution < 1.29 is 9.59 Å². The number of carbonyl (C=O) groups is 2. The van der Waals surface area contributed by atoms with Crippen molar-refractivity contribution in [2.75, 3.05) is 22.5 Å². The molecule has 0 spiro atoms. The van der Waals surface area contributed by atoms with Crippen LogP contribution in [0.1, 0.15) is 12.8 Å². The molecular formula is C26H22N8O2S. The first-order valence-electron chi connectivity index (χ1n) is 11.8. The van der Waals surface area contributed by atoms with Crippen LogP contribution in [0.25, 0.3) is 22.7 Å². The highest BCUT2D eigenvalue weighted by atomic mass is 32.2. The van der Waals surface area contributed by atoms with Gasteiger partial charge in [-0.3, -0.25) is 14.2 Å². The number of fused-ring (bicyclic) bond motifs is 1. The highest BCUT2D eigenvalue weighted by molar-refractivity contribution is 7.99. The van der Waals surface area contributed by atoms with E-state index in [1.54, 1.807) is 9.58 Å². The number of amides is 2. The van der Waals surface area contributed by atoms with Crippen molar-refractivity contribution in [3.63, 3.8) is 0 Å². The molecule has 184 valence electrons. The van der Waals surface area contributed by atoms with Gasteiger partial charge in [-0.25, -0.2) is 0 Å². The Balaban J connectivity index is 1.24. The maximum Gasteiger partial charge on any atom is 0.259 e. The molecule has 1 N–H and O–H groups in total. The zero-order chi connectivity index (χ0) is 25.2. The predicted molar refractivity (Wildman–Crippen MR) is 141 cm³/mol. The summed E-state index contributed by atoms with van der Waals surface area (Å²) in [5.41, 5.74) is 3.82. The molecule has 37 heavy (non-hydrogen) atoms. The van der Waals surface area contributed by atoms with Crippen LogP contribution >= 0.6 is 11.8 Å². The van der Waals surface area contributed by atoms with E-state index in [9.17, 15) is 9.59 Å². The molecule has 2 amide bonds. The molecule has 0 radical (unpaired) electrons. The SMILES string of the molecule is O=C(CSc1nnc(-n2nnc3ccccc32)n1-c1ccccc1)Nc1cccc(N2CCCC2=O)c1. The average molecular weight is 511 g/mol. The number of aromatic nitrogens is 6. The van der Waals surface area contributed by atoms with E-state index in [1.807, 2.05) is 83.4 Å². The number of anilines is 2. The second-order valence-electron chi connectivity index (χ2n) is 8.48. The van der Waals surface area contributed by atoms with E-state index in [0.717, 1.165) is 28.8 Å². The number of benzene rings is 3. The topological polar surface area (TPSA) is 111 Å². The normalized spacial score (nSPS) is 13.4. The average Bonchev–Trinajstić information content (AvgIpc) is 3.66. The van der Waals surface area contributed by atoms with E-state index in [1.165, 1.54) is 11.8 Å². The molecule has 5 aromatic rings. The second kappa shape index (κ2) is 9.86. The Labute approximate surface area is 216 Å². The van der Waals surface area contributed by atoms with Gasteiger partial charge in [0.25, 0.3) is 5.95 Å². The molecule has 0 aliphatic carbocycles. The quantitative estimate of drug-likeness (QED) is 0.331. The first-order chi connectivity index (χ1) is 18.2. The fourth-order valence-electron chi connectivity index (χ4n) is 4.31. The summed E-state index contributed by atoms with van der Waals surface area (Å²) >= 11 is 1.27. The molecule has 6 rings (SSSR count). The van der Waals surface area contributed by atoms with Gasteiger partial charge in [0.2, 0.25) is 11.8 Å². The summed E-state index contributed by atoms with van der Waals surface area (Å²) in [5.74, 6) is 0.516. The number of thioether (sulfide) groups is 1. The molecule has 0 unspecified atom stereocenters. The Morgan fingerprint density at radius 1 is 0.919 bits per heavy atom. The van der Waals surface area contributed by atoms with Gasteiger partial charge in [0.05, 0.1) is 17.0 Å². The van der Waals surface area contributed by atoms with Crippen molar-refractivity contribution in [3.05, 3.63) is 78.9 Å². The Morgan fingerprint density at radius 2 is 1.73 bits per heavy atom. The summed E-state index contributed by atoms with van der Waals surface area (Å²) in [7, 11) is 0. The Bertz CT molecular complexity index is 1600. The van der Waals surface area contributed by atoms with Crippen molar-refractivity contribution in [2.24, 2.45) is 0 Å². The van der Waals surface area contributed by atoms with Crippen molar-refractivity contribution in [1.82, 2.24) is 29.8 Å². The number of nitrogens with one attached hydrogen (secondary N) is 1. The van der Waals surface area contributed by atoms with Gasteiger partial charge in [-0.05, 0) is 48.9 Å². The fourth-order valence-corrected chi connectivity index (χ4v) is 5.06. The van der Waals surface area contributed by atoms with Crippen LogP contribution in [-0.4, -0.2) is 53.9 Å². The molecule has 1 aliphatic heterocycles. The maximum absolute atomic E-state index is 12.8. The second-order valence-corrected chi connectivity index (χ2v) is 9.42. The Morgan fingerprint density at radius 3 is 2.57 bits per heavy atom. The minimum absolute atomic E-state index is 0.107. The highest BCUT2D eigenvalue weighted by Crippen LogP contribution is 2.27. The predicted octanol–water partition coefficient (Wildman–Crippen LogP) is 3.86. The van der Waals surface area contributed by atoms with Crippen LogP contribution in [0, 0.1) is 0 Å². The van der Waals surface area contributed by atoms with Gasteiger partial charge in [0, 0.05) is 24.3 Å². The molecule has 1 fully saturated rings. The van der Waals surface area contributed by atoms with Gasteiger partial charge in [0.1, 0.15) is 5.52 Å². The van der Waals surface area contributed by atoms with Gasteiger partial charge in [-0.2, -0.15) is 4.68 Å². The first-order valence-corrected chi connectivity index (χ1v) is 12.8. The van der Waals surface area contributed by atoms with Gasteiger partial charge < -0.3 is 10.2 Å². The van der Waals surface area contributed by atoms with Crippen LogP contribution in [0.15, 0.2) is 84.0 Å². The minimum atomic E-state index is -0.190. The van der Waals surface area contributed by atoms with E-state index in [2.05, 4.69) is 25.8 Å². The van der Waals surface area contributed by atoms with E-state index in [-0.39, 0.29) is 17.6 Å². The molecular weight excluding hydrogens is 488 g/mol. The number of carbonyl (C=O) groups excluding carboxylic acids is 2. The van der Waals surface area contributed by atoms with E-state index in [4.69, 9.17) is 0 Å². The third-order valence-electron chi connectivity index (χ3n) is 6.02. The minimum Gasteiger partial charge on any atom is -0.325 e. The van der Waals surface area contributed by atoms with Crippen LogP contribution in [0.3, 0.4) is 0 Å². The lowest BCUT2D eigenvalue weighted by atomic mass is 10.2. The zero-order valence-corrected chi connectivity index (χ0v) is 20.5. The first kappa shape index (κ1) is 22.9. The van der Waals surface area contributed by atoms with Crippen LogP contribution in [0.5, 0.6) is 0 Å². The standard InChI is InChI=1S/C26H22N8O2S/c35-23(27-18-8-6-11-20(16-18)32-15-7-14-24(32)36)17-37-26-30-29-25(33(26)19-9-2-1-3-10-19)34-22-13-5-4-12-21(22)28-31-34/h1-6,8-13,16H,7,14-15,17H2,(H,27,35). The number of hydrogen-bond acceptors (Lipinski definition) is 7. The number of nitrogens with zero attached hydrogens (tertiary/aromatic N) is 7. The van der Waals surface area contributed by atoms with Crippen LogP contribution in [-0.2, 0) is 9.59 Å². The zero-order valence-electron chi connectivity index (χ0n) is 19.7.